The first-order valence-electron chi connectivity index (χ1n) is 8.84. The maximum Gasteiger partial charge on any atom is 0.573 e. The van der Waals surface area contributed by atoms with E-state index in [1.807, 2.05) is 13.8 Å². The van der Waals surface area contributed by atoms with Crippen molar-refractivity contribution in [1.29, 1.82) is 0 Å². The summed E-state index contributed by atoms with van der Waals surface area (Å²) in [6.07, 6.45) is -3.06. The van der Waals surface area contributed by atoms with Crippen LogP contribution in [0.4, 0.5) is 13.2 Å². The number of aromatic amines is 1. The number of amides is 2. The number of imidazole rings is 1. The molecule has 1 aromatic carbocycles. The van der Waals surface area contributed by atoms with Crippen LogP contribution >= 0.6 is 0 Å². The summed E-state index contributed by atoms with van der Waals surface area (Å²) in [5.41, 5.74) is 1.87. The van der Waals surface area contributed by atoms with Crippen LogP contribution < -0.4 is 15.4 Å². The van der Waals surface area contributed by atoms with E-state index in [1.54, 1.807) is 6.07 Å². The van der Waals surface area contributed by atoms with Gasteiger partial charge in [-0.25, -0.2) is 4.98 Å². The zero-order chi connectivity index (χ0) is 21.2. The predicted molar refractivity (Wildman–Crippen MR) is 97.7 cm³/mol. The van der Waals surface area contributed by atoms with Gasteiger partial charge >= 0.3 is 6.36 Å². The van der Waals surface area contributed by atoms with Gasteiger partial charge in [0.2, 0.25) is 5.91 Å². The van der Waals surface area contributed by atoms with E-state index in [9.17, 15) is 22.8 Å². The molecule has 7 nitrogen and oxygen atoms in total. The van der Waals surface area contributed by atoms with E-state index in [-0.39, 0.29) is 36.2 Å². The van der Waals surface area contributed by atoms with Crippen molar-refractivity contribution in [3.8, 4) is 5.75 Å². The molecule has 154 valence electrons. The van der Waals surface area contributed by atoms with Crippen LogP contribution in [-0.2, 0) is 16.0 Å². The Hall–Kier alpha value is -3.30. The summed E-state index contributed by atoms with van der Waals surface area (Å²) < 4.78 is 41.2. The first kappa shape index (κ1) is 20.4. The Balaban J connectivity index is 1.87. The molecule has 1 aliphatic rings. The maximum absolute atomic E-state index is 12.4. The molecular weight excluding hydrogens is 389 g/mol. The number of nitrogens with one attached hydrogen (secondary N) is 3. The van der Waals surface area contributed by atoms with E-state index in [4.69, 9.17) is 0 Å². The van der Waals surface area contributed by atoms with Gasteiger partial charge in [0.05, 0.1) is 12.2 Å². The summed E-state index contributed by atoms with van der Waals surface area (Å²) >= 11 is 0. The lowest BCUT2D eigenvalue weighted by atomic mass is 10.1. The number of aromatic nitrogens is 2. The Morgan fingerprint density at radius 1 is 1.28 bits per heavy atom. The van der Waals surface area contributed by atoms with Gasteiger partial charge in [0, 0.05) is 12.1 Å². The lowest BCUT2D eigenvalue weighted by Gasteiger charge is -2.15. The zero-order valence-electron chi connectivity index (χ0n) is 15.7. The Labute approximate surface area is 164 Å². The number of H-pyrrole nitrogens is 1. The summed E-state index contributed by atoms with van der Waals surface area (Å²) in [6.45, 7) is 3.77. The molecule has 0 spiro atoms. The van der Waals surface area contributed by atoms with Crippen molar-refractivity contribution < 1.29 is 27.5 Å². The Morgan fingerprint density at radius 3 is 2.72 bits per heavy atom. The van der Waals surface area contributed by atoms with E-state index < -0.39 is 12.3 Å². The number of carbonyl (C=O) groups excluding carboxylic acids is 2. The lowest BCUT2D eigenvalue weighted by Crippen LogP contribution is -2.46. The van der Waals surface area contributed by atoms with Gasteiger partial charge in [-0.15, -0.1) is 13.2 Å². The highest BCUT2D eigenvalue weighted by molar-refractivity contribution is 6.05. The van der Waals surface area contributed by atoms with Gasteiger partial charge in [0.25, 0.3) is 5.91 Å². The van der Waals surface area contributed by atoms with Crippen LogP contribution in [0.2, 0.25) is 0 Å². The van der Waals surface area contributed by atoms with Crippen LogP contribution in [0.25, 0.3) is 6.08 Å². The normalized spacial score (nSPS) is 16.1. The SMILES string of the molecule is CC(C)c1[nH]c(Cc2cccc(OC(F)(F)F)c2)nc1C=C1NC(=O)CNC1=O. The van der Waals surface area contributed by atoms with E-state index in [2.05, 4.69) is 25.3 Å². The number of rotatable bonds is 5. The Bertz CT molecular complexity index is 964. The first-order chi connectivity index (χ1) is 13.6. The quantitative estimate of drug-likeness (QED) is 0.663. The molecular formula is C19H19F3N4O3. The summed E-state index contributed by atoms with van der Waals surface area (Å²) in [5, 5.41) is 4.96. The molecule has 10 heteroatoms. The summed E-state index contributed by atoms with van der Waals surface area (Å²) in [7, 11) is 0. The van der Waals surface area contributed by atoms with Gasteiger partial charge in [-0.3, -0.25) is 9.59 Å². The van der Waals surface area contributed by atoms with E-state index in [0.717, 1.165) is 5.69 Å². The molecule has 0 bridgehead atoms. The fourth-order valence-electron chi connectivity index (χ4n) is 2.88. The fraction of sp³-hybridized carbons (Fsp3) is 0.316. The topological polar surface area (TPSA) is 96.1 Å². The minimum atomic E-state index is -4.77. The van der Waals surface area contributed by atoms with Crippen molar-refractivity contribution in [2.45, 2.75) is 32.5 Å². The lowest BCUT2D eigenvalue weighted by molar-refractivity contribution is -0.274. The highest BCUT2D eigenvalue weighted by atomic mass is 19.4. The van der Waals surface area contributed by atoms with Gasteiger partial charge < -0.3 is 20.4 Å². The second kappa shape index (κ2) is 7.98. The number of benzene rings is 1. The third-order valence-corrected chi connectivity index (χ3v) is 4.10. The van der Waals surface area contributed by atoms with Crippen LogP contribution in [0.5, 0.6) is 5.75 Å². The monoisotopic (exact) mass is 408 g/mol. The number of hydrogen-bond donors (Lipinski definition) is 3. The molecule has 1 aromatic heterocycles. The number of ether oxygens (including phenoxy) is 1. The first-order valence-corrected chi connectivity index (χ1v) is 8.84. The number of hydrogen-bond acceptors (Lipinski definition) is 4. The number of nitrogens with zero attached hydrogens (tertiary/aromatic N) is 1. The molecule has 0 atom stereocenters. The minimum absolute atomic E-state index is 0.0327. The molecule has 0 aliphatic carbocycles. The second-order valence-electron chi connectivity index (χ2n) is 6.80. The van der Waals surface area contributed by atoms with Crippen LogP contribution in [0.15, 0.2) is 30.0 Å². The fourth-order valence-corrected chi connectivity index (χ4v) is 2.88. The smallest absolute Gasteiger partial charge is 0.406 e. The van der Waals surface area contributed by atoms with Crippen LogP contribution in [0, 0.1) is 0 Å². The van der Waals surface area contributed by atoms with Crippen molar-refractivity contribution >= 4 is 17.9 Å². The Morgan fingerprint density at radius 2 is 2.03 bits per heavy atom. The molecule has 3 rings (SSSR count). The molecule has 29 heavy (non-hydrogen) atoms. The number of carbonyl (C=O) groups is 2. The summed E-state index contributed by atoms with van der Waals surface area (Å²) in [5.74, 6) is -0.521. The van der Waals surface area contributed by atoms with Gasteiger partial charge in [-0.1, -0.05) is 26.0 Å². The molecule has 2 amide bonds. The molecule has 0 saturated carbocycles. The zero-order valence-corrected chi connectivity index (χ0v) is 15.7. The molecule has 2 heterocycles. The number of alkyl halides is 3. The average Bonchev–Trinajstić information content (AvgIpc) is 2.99. The van der Waals surface area contributed by atoms with Crippen LogP contribution in [0.3, 0.4) is 0 Å². The third-order valence-electron chi connectivity index (χ3n) is 4.10. The van der Waals surface area contributed by atoms with Gasteiger partial charge in [-0.2, -0.15) is 0 Å². The van der Waals surface area contributed by atoms with Crippen LogP contribution in [-0.4, -0.2) is 34.7 Å². The molecule has 3 N–H and O–H groups in total. The molecule has 1 fully saturated rings. The summed E-state index contributed by atoms with van der Waals surface area (Å²) in [4.78, 5) is 31.1. The second-order valence-corrected chi connectivity index (χ2v) is 6.80. The van der Waals surface area contributed by atoms with Gasteiger partial charge in [0.1, 0.15) is 17.3 Å². The highest BCUT2D eigenvalue weighted by Crippen LogP contribution is 2.25. The van der Waals surface area contributed by atoms with Crippen molar-refractivity contribution in [3.63, 3.8) is 0 Å². The third kappa shape index (κ3) is 5.37. The van der Waals surface area contributed by atoms with Crippen LogP contribution in [0.1, 0.15) is 42.5 Å². The maximum atomic E-state index is 12.4. The largest absolute Gasteiger partial charge is 0.573 e. The molecule has 1 aliphatic heterocycles. The van der Waals surface area contributed by atoms with Crippen molar-refractivity contribution in [2.75, 3.05) is 6.54 Å². The standard InChI is InChI=1S/C19H19F3N4O3/c1-10(2)17-13(8-14-18(28)23-9-16(27)25-14)24-15(26-17)7-11-4-3-5-12(6-11)29-19(20,21)22/h3-6,8,10H,7,9H2,1-2H3,(H,23,28)(H,24,26)(H,25,27). The van der Waals surface area contributed by atoms with Gasteiger partial charge in [0.15, 0.2) is 0 Å². The summed E-state index contributed by atoms with van der Waals surface area (Å²) in [6, 6.07) is 5.64. The molecule has 2 aromatic rings. The molecule has 0 unspecified atom stereocenters. The molecule has 0 radical (unpaired) electrons. The van der Waals surface area contributed by atoms with Crippen molar-refractivity contribution in [3.05, 3.63) is 52.7 Å². The van der Waals surface area contributed by atoms with Crippen molar-refractivity contribution in [2.24, 2.45) is 0 Å². The Kier molecular flexibility index (Phi) is 5.62. The molecule has 1 saturated heterocycles. The number of piperazine rings is 1. The minimum Gasteiger partial charge on any atom is -0.406 e. The van der Waals surface area contributed by atoms with E-state index >= 15 is 0 Å². The van der Waals surface area contributed by atoms with E-state index in [1.165, 1.54) is 24.3 Å². The number of halogens is 3. The van der Waals surface area contributed by atoms with Crippen molar-refractivity contribution in [1.82, 2.24) is 20.6 Å². The van der Waals surface area contributed by atoms with Gasteiger partial charge in [-0.05, 0) is 29.7 Å². The highest BCUT2D eigenvalue weighted by Gasteiger charge is 2.31. The average molecular weight is 408 g/mol. The predicted octanol–water partition coefficient (Wildman–Crippen LogP) is 2.61. The van der Waals surface area contributed by atoms with E-state index in [0.29, 0.717) is 17.1 Å².